The Hall–Kier alpha value is -1.76. The van der Waals surface area contributed by atoms with Crippen LogP contribution in [0.3, 0.4) is 0 Å². The number of hydrogen-bond acceptors (Lipinski definition) is 1. The highest BCUT2D eigenvalue weighted by Gasteiger charge is 2.11. The minimum atomic E-state index is 0.401. The van der Waals surface area contributed by atoms with Crippen LogP contribution < -0.4 is 0 Å². The summed E-state index contributed by atoms with van der Waals surface area (Å²) in [5.41, 5.74) is 4.68. The Morgan fingerprint density at radius 1 is 0.704 bits per heavy atom. The number of aromatic hydroxyl groups is 1. The molecule has 0 saturated heterocycles. The van der Waals surface area contributed by atoms with Crippen molar-refractivity contribution in [1.82, 2.24) is 0 Å². The number of hydrogen-bond donors (Lipinski definition) is 1. The molecule has 1 N–H and O–H groups in total. The summed E-state index contributed by atoms with van der Waals surface area (Å²) in [6.07, 6.45) is 10.1. The Morgan fingerprint density at radius 3 is 1.74 bits per heavy atom. The molecule has 0 aliphatic carbocycles. The van der Waals surface area contributed by atoms with Crippen LogP contribution in [0, 0.1) is 0 Å². The Labute approximate surface area is 166 Å². The summed E-state index contributed by atoms with van der Waals surface area (Å²) in [4.78, 5) is 0. The normalized spacial score (nSPS) is 13.5. The highest BCUT2D eigenvalue weighted by Crippen LogP contribution is 2.34. The van der Waals surface area contributed by atoms with Crippen LogP contribution in [-0.2, 0) is 0 Å². The lowest BCUT2D eigenvalue weighted by atomic mass is 9.91. The van der Waals surface area contributed by atoms with Crippen LogP contribution in [-0.4, -0.2) is 5.11 Å². The van der Waals surface area contributed by atoms with Gasteiger partial charge in [-0.1, -0.05) is 103 Å². The van der Waals surface area contributed by atoms with Gasteiger partial charge in [-0.2, -0.15) is 0 Å². The zero-order chi connectivity index (χ0) is 19.6. The lowest BCUT2D eigenvalue weighted by molar-refractivity contribution is 0.475. The fourth-order valence-electron chi connectivity index (χ4n) is 3.82. The highest BCUT2D eigenvalue weighted by molar-refractivity contribution is 5.70. The van der Waals surface area contributed by atoms with E-state index in [9.17, 15) is 5.11 Å². The van der Waals surface area contributed by atoms with Crippen LogP contribution in [0.25, 0.3) is 11.1 Å². The maximum Gasteiger partial charge on any atom is 0.123 e. The molecule has 2 aromatic rings. The molecule has 0 aliphatic heterocycles. The summed E-state index contributed by atoms with van der Waals surface area (Å²) >= 11 is 0. The number of benzene rings is 2. The Bertz CT molecular complexity index is 671. The minimum Gasteiger partial charge on any atom is -0.507 e. The molecule has 0 fully saturated rings. The molecule has 148 valence electrons. The molecule has 2 unspecified atom stereocenters. The molecule has 27 heavy (non-hydrogen) atoms. The van der Waals surface area contributed by atoms with Crippen molar-refractivity contribution in [2.45, 2.75) is 90.9 Å². The smallest absolute Gasteiger partial charge is 0.123 e. The third-order valence-electron chi connectivity index (χ3n) is 5.86. The molecule has 1 heteroatoms. The van der Waals surface area contributed by atoms with Gasteiger partial charge in [-0.25, -0.2) is 0 Å². The first-order valence-electron chi connectivity index (χ1n) is 11.0. The van der Waals surface area contributed by atoms with Gasteiger partial charge in [-0.3, -0.25) is 0 Å². The second-order valence-corrected chi connectivity index (χ2v) is 8.19. The molecule has 2 atom stereocenters. The van der Waals surface area contributed by atoms with Crippen molar-refractivity contribution in [2.24, 2.45) is 0 Å². The molecule has 0 aliphatic rings. The van der Waals surface area contributed by atoms with Crippen molar-refractivity contribution in [1.29, 1.82) is 0 Å². The third kappa shape index (κ3) is 6.41. The zero-order valence-corrected chi connectivity index (χ0v) is 17.8. The van der Waals surface area contributed by atoms with E-state index in [2.05, 4.69) is 64.1 Å². The number of phenols is 1. The van der Waals surface area contributed by atoms with Crippen molar-refractivity contribution in [2.75, 3.05) is 0 Å². The van der Waals surface area contributed by atoms with Gasteiger partial charge in [-0.15, -0.1) is 0 Å². The third-order valence-corrected chi connectivity index (χ3v) is 5.86. The first-order valence-corrected chi connectivity index (χ1v) is 11.0. The van der Waals surface area contributed by atoms with Crippen molar-refractivity contribution >= 4 is 0 Å². The largest absolute Gasteiger partial charge is 0.507 e. The van der Waals surface area contributed by atoms with E-state index in [4.69, 9.17) is 0 Å². The minimum absolute atomic E-state index is 0.401. The summed E-state index contributed by atoms with van der Waals surface area (Å²) < 4.78 is 0. The summed E-state index contributed by atoms with van der Waals surface area (Å²) in [5.74, 6) is 1.51. The van der Waals surface area contributed by atoms with Crippen molar-refractivity contribution in [3.63, 3.8) is 0 Å². The number of phenolic OH excluding ortho intramolecular Hbond substituents is 1. The Balaban J connectivity index is 2.05. The Morgan fingerprint density at radius 2 is 1.22 bits per heavy atom. The summed E-state index contributed by atoms with van der Waals surface area (Å²) in [5, 5.41) is 10.6. The van der Waals surface area contributed by atoms with Crippen LogP contribution >= 0.6 is 0 Å². The first-order chi connectivity index (χ1) is 13.1. The standard InChI is InChI=1S/C26H38O/c1-5-7-9-11-20(3)22-13-15-23(16-14-22)25-18-17-24(19-26(25)27)21(4)12-10-8-6-2/h13-21,27H,5-12H2,1-4H3. The molecule has 0 heterocycles. The molecular formula is C26H38O. The van der Waals surface area contributed by atoms with Crippen LogP contribution in [0.4, 0.5) is 0 Å². The van der Waals surface area contributed by atoms with E-state index in [0.29, 0.717) is 17.6 Å². The fourth-order valence-corrected chi connectivity index (χ4v) is 3.82. The topological polar surface area (TPSA) is 20.2 Å². The van der Waals surface area contributed by atoms with Crippen LogP contribution in [0.5, 0.6) is 5.75 Å². The van der Waals surface area contributed by atoms with E-state index < -0.39 is 0 Å². The number of unbranched alkanes of at least 4 members (excludes halogenated alkanes) is 4. The second-order valence-electron chi connectivity index (χ2n) is 8.19. The quantitative estimate of drug-likeness (QED) is 0.396. The van der Waals surface area contributed by atoms with E-state index in [1.165, 1.54) is 62.5 Å². The first kappa shape index (κ1) is 21.5. The molecule has 0 bridgehead atoms. The van der Waals surface area contributed by atoms with Gasteiger partial charge in [-0.05, 0) is 47.4 Å². The van der Waals surface area contributed by atoms with E-state index in [-0.39, 0.29) is 0 Å². The van der Waals surface area contributed by atoms with E-state index >= 15 is 0 Å². The molecule has 0 saturated carbocycles. The molecule has 1 nitrogen and oxygen atoms in total. The van der Waals surface area contributed by atoms with Crippen LogP contribution in [0.15, 0.2) is 42.5 Å². The van der Waals surface area contributed by atoms with Gasteiger partial charge < -0.3 is 5.11 Å². The van der Waals surface area contributed by atoms with Crippen molar-refractivity contribution in [3.05, 3.63) is 53.6 Å². The SMILES string of the molecule is CCCCCC(C)c1ccc(-c2ccc(C(C)CCCCC)cc2O)cc1. The lowest BCUT2D eigenvalue weighted by Crippen LogP contribution is -1.95. The van der Waals surface area contributed by atoms with E-state index in [0.717, 1.165) is 11.1 Å². The maximum absolute atomic E-state index is 10.6. The molecule has 0 spiro atoms. The van der Waals surface area contributed by atoms with E-state index in [1.54, 1.807) is 0 Å². The average Bonchev–Trinajstić information content (AvgIpc) is 2.68. The summed E-state index contributed by atoms with van der Waals surface area (Å²) in [7, 11) is 0. The average molecular weight is 367 g/mol. The predicted molar refractivity (Wildman–Crippen MR) is 119 cm³/mol. The molecule has 0 amide bonds. The van der Waals surface area contributed by atoms with Gasteiger partial charge in [0.15, 0.2) is 0 Å². The monoisotopic (exact) mass is 366 g/mol. The second kappa shape index (κ2) is 11.2. The Kier molecular flexibility index (Phi) is 8.91. The van der Waals surface area contributed by atoms with Gasteiger partial charge in [0.25, 0.3) is 0 Å². The number of rotatable bonds is 11. The molecule has 0 aromatic heterocycles. The maximum atomic E-state index is 10.6. The summed E-state index contributed by atoms with van der Waals surface area (Å²) in [6, 6.07) is 15.0. The van der Waals surface area contributed by atoms with Crippen LogP contribution in [0.1, 0.15) is 102 Å². The molecule has 0 radical (unpaired) electrons. The van der Waals surface area contributed by atoms with E-state index in [1.807, 2.05) is 6.07 Å². The lowest BCUT2D eigenvalue weighted by Gasteiger charge is -2.15. The highest BCUT2D eigenvalue weighted by atomic mass is 16.3. The summed E-state index contributed by atoms with van der Waals surface area (Å²) in [6.45, 7) is 9.07. The molecular weight excluding hydrogens is 328 g/mol. The fraction of sp³-hybridized carbons (Fsp3) is 0.538. The molecule has 2 aromatic carbocycles. The van der Waals surface area contributed by atoms with Gasteiger partial charge in [0, 0.05) is 5.56 Å². The zero-order valence-electron chi connectivity index (χ0n) is 17.8. The van der Waals surface area contributed by atoms with Gasteiger partial charge in [0.05, 0.1) is 0 Å². The van der Waals surface area contributed by atoms with Gasteiger partial charge >= 0.3 is 0 Å². The van der Waals surface area contributed by atoms with Crippen molar-refractivity contribution in [3.8, 4) is 16.9 Å². The van der Waals surface area contributed by atoms with Gasteiger partial charge in [0.1, 0.15) is 5.75 Å². The molecule has 2 rings (SSSR count). The van der Waals surface area contributed by atoms with Gasteiger partial charge in [0.2, 0.25) is 0 Å². The van der Waals surface area contributed by atoms with Crippen LogP contribution in [0.2, 0.25) is 0 Å². The van der Waals surface area contributed by atoms with Crippen molar-refractivity contribution < 1.29 is 5.11 Å². The predicted octanol–water partition coefficient (Wildman–Crippen LogP) is 8.43.